The lowest BCUT2D eigenvalue weighted by atomic mass is 9.57. The third-order valence-electron chi connectivity index (χ3n) is 8.14. The van der Waals surface area contributed by atoms with Crippen LogP contribution in [0.2, 0.25) is 0 Å². The number of hydrogen-bond acceptors (Lipinski definition) is 4. The summed E-state index contributed by atoms with van der Waals surface area (Å²) in [5, 5.41) is 25.9. The molecule has 178 valence electrons. The third kappa shape index (κ3) is 3.41. The molecule has 2 aliphatic carbocycles. The number of nitrogens with zero attached hydrogens (tertiary/aromatic N) is 4. The first-order valence-corrected chi connectivity index (χ1v) is 12.5. The number of allylic oxidation sites excluding steroid dienone is 1. The van der Waals surface area contributed by atoms with E-state index in [1.54, 1.807) is 6.20 Å². The van der Waals surface area contributed by atoms with Crippen molar-refractivity contribution in [1.29, 1.82) is 5.26 Å². The minimum absolute atomic E-state index is 0.0203. The average molecular weight is 473 g/mol. The Hall–Kier alpha value is -4.01. The van der Waals surface area contributed by atoms with E-state index in [0.717, 1.165) is 46.6 Å². The van der Waals surface area contributed by atoms with Crippen LogP contribution in [-0.4, -0.2) is 26.0 Å². The molecular formula is C31H28N4O. The van der Waals surface area contributed by atoms with Gasteiger partial charge in [-0.3, -0.25) is 4.98 Å². The first-order chi connectivity index (χ1) is 17.5. The monoisotopic (exact) mass is 472 g/mol. The van der Waals surface area contributed by atoms with Crippen LogP contribution < -0.4 is 0 Å². The Kier molecular flexibility index (Phi) is 5.35. The molecule has 5 nitrogen and oxygen atoms in total. The van der Waals surface area contributed by atoms with Crippen molar-refractivity contribution < 1.29 is 5.11 Å². The van der Waals surface area contributed by atoms with Crippen LogP contribution in [0.1, 0.15) is 31.5 Å². The molecular weight excluding hydrogens is 444 g/mol. The lowest BCUT2D eigenvalue weighted by Gasteiger charge is -2.47. The van der Waals surface area contributed by atoms with E-state index in [4.69, 9.17) is 5.10 Å². The molecule has 0 aliphatic heterocycles. The van der Waals surface area contributed by atoms with Crippen molar-refractivity contribution in [2.75, 3.05) is 0 Å². The highest BCUT2D eigenvalue weighted by Crippen LogP contribution is 2.53. The van der Waals surface area contributed by atoms with E-state index < -0.39 is 11.5 Å². The van der Waals surface area contributed by atoms with Crippen LogP contribution in [0, 0.1) is 23.2 Å². The molecule has 0 saturated carbocycles. The fourth-order valence-corrected chi connectivity index (χ4v) is 6.38. The minimum Gasteiger partial charge on any atom is -0.387 e. The average Bonchev–Trinajstić information content (AvgIpc) is 3.33. The molecule has 5 heteroatoms. The summed E-state index contributed by atoms with van der Waals surface area (Å²) in [6, 6.07) is 25.0. The van der Waals surface area contributed by atoms with E-state index in [2.05, 4.69) is 72.0 Å². The molecule has 0 saturated heterocycles. The van der Waals surface area contributed by atoms with Crippen molar-refractivity contribution in [3.8, 4) is 34.1 Å². The van der Waals surface area contributed by atoms with Crippen LogP contribution >= 0.6 is 0 Å². The maximum absolute atomic E-state index is 10.9. The smallest absolute Gasteiger partial charge is 0.0971 e. The predicted octanol–water partition coefficient (Wildman–Crippen LogP) is 5.88. The Morgan fingerprint density at radius 3 is 2.56 bits per heavy atom. The summed E-state index contributed by atoms with van der Waals surface area (Å²) in [6.07, 6.45) is 6.76. The van der Waals surface area contributed by atoms with E-state index in [1.165, 1.54) is 5.56 Å². The van der Waals surface area contributed by atoms with Gasteiger partial charge in [-0.25, -0.2) is 4.68 Å². The summed E-state index contributed by atoms with van der Waals surface area (Å²) in [6.45, 7) is 4.29. The number of fused-ring (bicyclic) bond motifs is 3. The van der Waals surface area contributed by atoms with Crippen molar-refractivity contribution in [1.82, 2.24) is 14.8 Å². The highest BCUT2D eigenvalue weighted by molar-refractivity contribution is 5.69. The molecule has 1 N–H and O–H groups in total. The summed E-state index contributed by atoms with van der Waals surface area (Å²) in [4.78, 5) is 4.29. The Morgan fingerprint density at radius 1 is 1.03 bits per heavy atom. The summed E-state index contributed by atoms with van der Waals surface area (Å²) in [5.41, 5.74) is 7.54. The van der Waals surface area contributed by atoms with Gasteiger partial charge in [-0.15, -0.1) is 0 Å². The van der Waals surface area contributed by atoms with Gasteiger partial charge >= 0.3 is 0 Å². The highest BCUT2D eigenvalue weighted by Gasteiger charge is 2.50. The molecule has 0 radical (unpaired) electrons. The molecule has 4 aromatic rings. The second kappa shape index (κ2) is 8.58. The normalized spacial score (nSPS) is 24.8. The second-order valence-corrected chi connectivity index (χ2v) is 10.2. The van der Waals surface area contributed by atoms with Crippen molar-refractivity contribution in [2.45, 2.75) is 38.2 Å². The van der Waals surface area contributed by atoms with Gasteiger partial charge < -0.3 is 5.11 Å². The fourth-order valence-electron chi connectivity index (χ4n) is 6.38. The molecule has 6 rings (SSSR count). The molecule has 2 aromatic carbocycles. The van der Waals surface area contributed by atoms with Crippen LogP contribution in [-0.2, 0) is 11.8 Å². The minimum atomic E-state index is -0.728. The first-order valence-electron chi connectivity index (χ1n) is 12.5. The Balaban J connectivity index is 1.62. The van der Waals surface area contributed by atoms with E-state index in [-0.39, 0.29) is 11.8 Å². The molecule has 0 bridgehead atoms. The van der Waals surface area contributed by atoms with Crippen LogP contribution in [0.4, 0.5) is 0 Å². The Labute approximate surface area is 211 Å². The summed E-state index contributed by atoms with van der Waals surface area (Å²) >= 11 is 0. The van der Waals surface area contributed by atoms with Crippen LogP contribution in [0.3, 0.4) is 0 Å². The number of rotatable bonds is 3. The quantitative estimate of drug-likeness (QED) is 0.404. The first kappa shape index (κ1) is 22.5. The largest absolute Gasteiger partial charge is 0.387 e. The Bertz CT molecular complexity index is 1500. The molecule has 2 aliphatic rings. The number of aromatic nitrogens is 3. The predicted molar refractivity (Wildman–Crippen MR) is 140 cm³/mol. The number of hydrogen-bond donors (Lipinski definition) is 1. The number of benzene rings is 2. The number of nitriles is 1. The summed E-state index contributed by atoms with van der Waals surface area (Å²) in [7, 11) is 0. The van der Waals surface area contributed by atoms with Crippen molar-refractivity contribution >= 4 is 0 Å². The van der Waals surface area contributed by atoms with Gasteiger partial charge in [0.15, 0.2) is 0 Å². The SMILES string of the molecule is C[C@H]1C(O)C(C#N)=C[C@@]2(C)c3c(c(-c4ccccc4)nn3-c3cccc(-c4cccnc4)c3)CC[C@H]12. The fraction of sp³-hybridized carbons (Fsp3) is 0.258. The molecule has 36 heavy (non-hydrogen) atoms. The van der Waals surface area contributed by atoms with Gasteiger partial charge in [0, 0.05) is 34.5 Å². The maximum Gasteiger partial charge on any atom is 0.0971 e. The molecule has 0 spiro atoms. The maximum atomic E-state index is 10.9. The standard InChI is InChI=1S/C31H28N4O/c1-20-27-14-13-26-28(21-8-4-3-5-9-21)34-35(30(26)31(27,2)17-24(18-32)29(20)36)25-12-6-10-22(16-25)23-11-7-15-33-19-23/h3-12,15-17,19-20,27,29,36H,13-14H2,1-2H3/t20-,27-,29?,31-/m1/s1. The lowest BCUT2D eigenvalue weighted by Crippen LogP contribution is -2.47. The molecule has 0 amide bonds. The number of aliphatic hydroxyl groups excluding tert-OH is 1. The van der Waals surface area contributed by atoms with E-state index >= 15 is 0 Å². The molecule has 2 aromatic heterocycles. The van der Waals surface area contributed by atoms with E-state index in [0.29, 0.717) is 5.57 Å². The van der Waals surface area contributed by atoms with Crippen LogP contribution in [0.15, 0.2) is 90.8 Å². The van der Waals surface area contributed by atoms with Gasteiger partial charge in [-0.2, -0.15) is 10.4 Å². The zero-order valence-corrected chi connectivity index (χ0v) is 20.5. The van der Waals surface area contributed by atoms with Crippen LogP contribution in [0.5, 0.6) is 0 Å². The van der Waals surface area contributed by atoms with Gasteiger partial charge in [0.1, 0.15) is 0 Å². The molecule has 0 fully saturated rings. The third-order valence-corrected chi connectivity index (χ3v) is 8.14. The zero-order valence-electron chi connectivity index (χ0n) is 20.5. The molecule has 1 unspecified atom stereocenters. The highest BCUT2D eigenvalue weighted by atomic mass is 16.3. The van der Waals surface area contributed by atoms with Gasteiger partial charge in [0.05, 0.1) is 34.8 Å². The zero-order chi connectivity index (χ0) is 24.9. The Morgan fingerprint density at radius 2 is 1.81 bits per heavy atom. The van der Waals surface area contributed by atoms with E-state index in [9.17, 15) is 10.4 Å². The van der Waals surface area contributed by atoms with Gasteiger partial charge in [-0.1, -0.05) is 68.5 Å². The van der Waals surface area contributed by atoms with Crippen molar-refractivity contribution in [3.05, 3.63) is 102 Å². The summed E-state index contributed by atoms with van der Waals surface area (Å²) in [5.74, 6) is 0.186. The number of pyridine rings is 1. The van der Waals surface area contributed by atoms with Gasteiger partial charge in [-0.05, 0) is 48.4 Å². The lowest BCUT2D eigenvalue weighted by molar-refractivity contribution is 0.0664. The second-order valence-electron chi connectivity index (χ2n) is 10.2. The van der Waals surface area contributed by atoms with Gasteiger partial charge in [0.2, 0.25) is 0 Å². The molecule has 4 atom stereocenters. The van der Waals surface area contributed by atoms with Crippen molar-refractivity contribution in [3.63, 3.8) is 0 Å². The van der Waals surface area contributed by atoms with Crippen LogP contribution in [0.25, 0.3) is 28.1 Å². The summed E-state index contributed by atoms with van der Waals surface area (Å²) < 4.78 is 2.08. The van der Waals surface area contributed by atoms with E-state index in [1.807, 2.05) is 36.5 Å². The topological polar surface area (TPSA) is 74.7 Å². The number of aliphatic hydroxyl groups is 1. The van der Waals surface area contributed by atoms with Crippen molar-refractivity contribution in [2.24, 2.45) is 11.8 Å². The molecule has 2 heterocycles. The van der Waals surface area contributed by atoms with Gasteiger partial charge in [0.25, 0.3) is 0 Å².